The molecule has 1 aromatic rings. The Morgan fingerprint density at radius 1 is 1.33 bits per heavy atom. The molecule has 0 saturated heterocycles. The second kappa shape index (κ2) is 5.36. The Hall–Kier alpha value is -1.61. The lowest BCUT2D eigenvalue weighted by Crippen LogP contribution is -2.52. The number of hydrogen-bond acceptors (Lipinski definition) is 2. The zero-order chi connectivity index (χ0) is 13.0. The van der Waals surface area contributed by atoms with Gasteiger partial charge in [-0.2, -0.15) is 0 Å². The Labute approximate surface area is 108 Å². The third-order valence-corrected chi connectivity index (χ3v) is 3.74. The van der Waals surface area contributed by atoms with E-state index in [1.54, 1.807) is 0 Å². The van der Waals surface area contributed by atoms with Crippen LogP contribution in [0.2, 0.25) is 0 Å². The summed E-state index contributed by atoms with van der Waals surface area (Å²) in [6, 6.07) is 10.0. The molecule has 0 bridgehead atoms. The van der Waals surface area contributed by atoms with Gasteiger partial charge >= 0.3 is 5.97 Å². The van der Waals surface area contributed by atoms with Crippen molar-refractivity contribution in [3.05, 3.63) is 48.0 Å². The maximum atomic E-state index is 11.6. The average molecular weight is 245 g/mol. The van der Waals surface area contributed by atoms with E-state index in [2.05, 4.69) is 6.08 Å². The summed E-state index contributed by atoms with van der Waals surface area (Å²) >= 11 is 0. The molecule has 0 heterocycles. The first-order valence-corrected chi connectivity index (χ1v) is 6.29. The molecule has 0 unspecified atom stereocenters. The highest BCUT2D eigenvalue weighted by Gasteiger charge is 2.41. The largest absolute Gasteiger partial charge is 0.480 e. The molecule has 0 aliphatic heterocycles. The number of benzene rings is 1. The first-order chi connectivity index (χ1) is 8.65. The maximum absolute atomic E-state index is 11.6. The standard InChI is InChI=1S/C15H19NO2/c1-16(12-13-8-4-2-5-9-13)15(14(17)18)10-6-3-7-11-15/h2-6,8-9H,7,10-12H2,1H3,(H,17,18)/t15-/m1/s1. The van der Waals surface area contributed by atoms with Gasteiger partial charge in [0.2, 0.25) is 0 Å². The molecular weight excluding hydrogens is 226 g/mol. The molecule has 0 amide bonds. The minimum atomic E-state index is -0.745. The summed E-state index contributed by atoms with van der Waals surface area (Å²) in [6.07, 6.45) is 6.16. The van der Waals surface area contributed by atoms with E-state index >= 15 is 0 Å². The summed E-state index contributed by atoms with van der Waals surface area (Å²) in [4.78, 5) is 13.6. The number of aliphatic carboxylic acids is 1. The molecule has 0 aromatic heterocycles. The zero-order valence-corrected chi connectivity index (χ0v) is 10.7. The molecule has 0 fully saturated rings. The lowest BCUT2D eigenvalue weighted by molar-refractivity contribution is -0.151. The van der Waals surface area contributed by atoms with Gasteiger partial charge in [0.05, 0.1) is 0 Å². The smallest absolute Gasteiger partial charge is 0.324 e. The van der Waals surface area contributed by atoms with Crippen LogP contribution in [-0.2, 0) is 11.3 Å². The molecule has 96 valence electrons. The topological polar surface area (TPSA) is 40.5 Å². The first-order valence-electron chi connectivity index (χ1n) is 6.29. The van der Waals surface area contributed by atoms with Crippen molar-refractivity contribution in [3.8, 4) is 0 Å². The van der Waals surface area contributed by atoms with E-state index in [-0.39, 0.29) is 0 Å². The summed E-state index contributed by atoms with van der Waals surface area (Å²) in [7, 11) is 1.90. The normalized spacial score (nSPS) is 23.2. The van der Waals surface area contributed by atoms with Crippen LogP contribution in [0.5, 0.6) is 0 Å². The van der Waals surface area contributed by atoms with Crippen molar-refractivity contribution in [2.75, 3.05) is 7.05 Å². The van der Waals surface area contributed by atoms with Gasteiger partial charge in [-0.25, -0.2) is 0 Å². The highest BCUT2D eigenvalue weighted by atomic mass is 16.4. The van der Waals surface area contributed by atoms with Crippen LogP contribution in [0, 0.1) is 0 Å². The predicted molar refractivity (Wildman–Crippen MR) is 71.3 cm³/mol. The molecule has 2 rings (SSSR count). The molecule has 0 saturated carbocycles. The van der Waals surface area contributed by atoms with Gasteiger partial charge in [-0.05, 0) is 31.9 Å². The molecule has 18 heavy (non-hydrogen) atoms. The van der Waals surface area contributed by atoms with E-state index in [0.717, 1.165) is 12.0 Å². The minimum Gasteiger partial charge on any atom is -0.480 e. The highest BCUT2D eigenvalue weighted by Crippen LogP contribution is 2.30. The van der Waals surface area contributed by atoms with E-state index in [1.165, 1.54) is 0 Å². The minimum absolute atomic E-state index is 0.589. The fourth-order valence-electron chi connectivity index (χ4n) is 2.53. The molecule has 1 aliphatic rings. The van der Waals surface area contributed by atoms with Crippen molar-refractivity contribution in [2.24, 2.45) is 0 Å². The van der Waals surface area contributed by atoms with Gasteiger partial charge in [-0.15, -0.1) is 0 Å². The van der Waals surface area contributed by atoms with Gasteiger partial charge in [0.1, 0.15) is 5.54 Å². The third kappa shape index (κ3) is 2.46. The van der Waals surface area contributed by atoms with Gasteiger partial charge in [0.15, 0.2) is 0 Å². The van der Waals surface area contributed by atoms with E-state index < -0.39 is 11.5 Å². The van der Waals surface area contributed by atoms with Gasteiger partial charge < -0.3 is 5.11 Å². The van der Waals surface area contributed by atoms with Gasteiger partial charge in [0.25, 0.3) is 0 Å². The Kier molecular flexibility index (Phi) is 3.82. The Balaban J connectivity index is 2.17. The quantitative estimate of drug-likeness (QED) is 0.829. The van der Waals surface area contributed by atoms with Crippen LogP contribution in [0.15, 0.2) is 42.5 Å². The highest BCUT2D eigenvalue weighted by molar-refractivity contribution is 5.79. The summed E-state index contributed by atoms with van der Waals surface area (Å²) < 4.78 is 0. The average Bonchev–Trinajstić information content (AvgIpc) is 2.40. The lowest BCUT2D eigenvalue weighted by Gasteiger charge is -2.39. The molecular formula is C15H19NO2. The lowest BCUT2D eigenvalue weighted by atomic mass is 9.84. The van der Waals surface area contributed by atoms with E-state index in [4.69, 9.17) is 0 Å². The summed E-state index contributed by atoms with van der Waals surface area (Å²) in [5, 5.41) is 9.56. The monoisotopic (exact) mass is 245 g/mol. The SMILES string of the molecule is CN(Cc1ccccc1)[C@]1(C(=O)O)CC=CCC1. The van der Waals surface area contributed by atoms with Crippen LogP contribution >= 0.6 is 0 Å². The summed E-state index contributed by atoms with van der Waals surface area (Å²) in [5.74, 6) is -0.717. The number of hydrogen-bond donors (Lipinski definition) is 1. The van der Waals surface area contributed by atoms with Crippen LogP contribution in [0.25, 0.3) is 0 Å². The molecule has 3 nitrogen and oxygen atoms in total. The van der Waals surface area contributed by atoms with Crippen LogP contribution in [0.4, 0.5) is 0 Å². The second-order valence-corrected chi connectivity index (χ2v) is 4.89. The Morgan fingerprint density at radius 3 is 2.61 bits per heavy atom. The number of likely N-dealkylation sites (N-methyl/N-ethyl adjacent to an activating group) is 1. The van der Waals surface area contributed by atoms with Crippen LogP contribution in [-0.4, -0.2) is 28.6 Å². The van der Waals surface area contributed by atoms with Crippen molar-refractivity contribution >= 4 is 5.97 Å². The fourth-order valence-corrected chi connectivity index (χ4v) is 2.53. The zero-order valence-electron chi connectivity index (χ0n) is 10.7. The Morgan fingerprint density at radius 2 is 2.06 bits per heavy atom. The number of rotatable bonds is 4. The number of nitrogens with zero attached hydrogens (tertiary/aromatic N) is 1. The summed E-state index contributed by atoms with van der Waals surface area (Å²) in [5.41, 5.74) is 0.403. The van der Waals surface area contributed by atoms with Crippen molar-refractivity contribution in [2.45, 2.75) is 31.3 Å². The van der Waals surface area contributed by atoms with E-state index in [0.29, 0.717) is 19.4 Å². The molecule has 0 spiro atoms. The maximum Gasteiger partial charge on any atom is 0.324 e. The van der Waals surface area contributed by atoms with E-state index in [9.17, 15) is 9.90 Å². The summed E-state index contributed by atoms with van der Waals surface area (Å²) in [6.45, 7) is 0.668. The van der Waals surface area contributed by atoms with Crippen LogP contribution < -0.4 is 0 Å². The number of allylic oxidation sites excluding steroid dienone is 1. The molecule has 1 N–H and O–H groups in total. The van der Waals surface area contributed by atoms with Crippen LogP contribution in [0.3, 0.4) is 0 Å². The fraction of sp³-hybridized carbons (Fsp3) is 0.400. The molecule has 0 radical (unpaired) electrons. The molecule has 1 aromatic carbocycles. The van der Waals surface area contributed by atoms with Crippen molar-refractivity contribution in [1.82, 2.24) is 4.90 Å². The number of carboxylic acid groups (broad SMARTS) is 1. The molecule has 1 atom stereocenters. The number of carboxylic acids is 1. The number of carbonyl (C=O) groups is 1. The molecule has 3 heteroatoms. The van der Waals surface area contributed by atoms with E-state index in [1.807, 2.05) is 48.4 Å². The van der Waals surface area contributed by atoms with Crippen LogP contribution in [0.1, 0.15) is 24.8 Å². The van der Waals surface area contributed by atoms with Gasteiger partial charge in [-0.3, -0.25) is 9.69 Å². The first kappa shape index (κ1) is 12.8. The predicted octanol–water partition coefficient (Wildman–Crippen LogP) is 2.68. The van der Waals surface area contributed by atoms with Gasteiger partial charge in [-0.1, -0.05) is 42.5 Å². The van der Waals surface area contributed by atoms with Crippen molar-refractivity contribution < 1.29 is 9.90 Å². The van der Waals surface area contributed by atoms with Gasteiger partial charge in [0, 0.05) is 6.54 Å². The third-order valence-electron chi connectivity index (χ3n) is 3.74. The van der Waals surface area contributed by atoms with Crippen molar-refractivity contribution in [1.29, 1.82) is 0 Å². The molecule has 1 aliphatic carbocycles. The Bertz CT molecular complexity index is 441. The van der Waals surface area contributed by atoms with Crippen molar-refractivity contribution in [3.63, 3.8) is 0 Å². The second-order valence-electron chi connectivity index (χ2n) is 4.89.